The van der Waals surface area contributed by atoms with Crippen LogP contribution in [0.1, 0.15) is 0 Å². The quantitative estimate of drug-likeness (QED) is 0.131. The molecule has 0 bridgehead atoms. The second-order valence-corrected chi connectivity index (χ2v) is 13.4. The Hall–Kier alpha value is -6.59. The van der Waals surface area contributed by atoms with Crippen molar-refractivity contribution >= 4 is 54.5 Å². The molecule has 8 aromatic carbocycles. The van der Waals surface area contributed by atoms with Gasteiger partial charge in [0.2, 0.25) is 0 Å². The summed E-state index contributed by atoms with van der Waals surface area (Å²) < 4.78 is 10.5. The molecule has 0 saturated carbocycles. The van der Waals surface area contributed by atoms with Gasteiger partial charge in [0.15, 0.2) is 0 Å². The van der Waals surface area contributed by atoms with Gasteiger partial charge in [-0.15, -0.1) is 23.8 Å². The molecular weight excluding hydrogens is 853 g/mol. The molecule has 5 nitrogen and oxygen atoms in total. The second kappa shape index (κ2) is 14.3. The third-order valence-corrected chi connectivity index (χ3v) is 10.2. The monoisotopic (exact) mass is 885 g/mol. The fourth-order valence-corrected chi connectivity index (χ4v) is 7.39. The number of furan rings is 1. The number of fused-ring (bicyclic) bond motifs is 8. The number of rotatable bonds is 4. The molecule has 0 atom stereocenters. The minimum Gasteiger partial charge on any atom is -0.476 e. The van der Waals surface area contributed by atoms with Crippen molar-refractivity contribution < 1.29 is 24.5 Å². The molecule has 1 radical (unpaired) electrons. The molecule has 3 aromatic heterocycles. The molecule has 0 saturated heterocycles. The number of hydrogen-bond acceptors (Lipinski definition) is 3. The van der Waals surface area contributed by atoms with E-state index in [1.54, 1.807) is 0 Å². The van der Waals surface area contributed by atoms with Crippen molar-refractivity contribution in [1.82, 2.24) is 19.3 Å². The maximum Gasteiger partial charge on any atom is 0.132 e. The average Bonchev–Trinajstić information content (AvgIpc) is 3.97. The zero-order chi connectivity index (χ0) is 36.0. The zero-order valence-corrected chi connectivity index (χ0v) is 32.2. The Labute approximate surface area is 331 Å². The molecule has 3 heterocycles. The van der Waals surface area contributed by atoms with Gasteiger partial charge in [-0.05, 0) is 56.1 Å². The maximum absolute atomic E-state index is 6.49. The molecule has 55 heavy (non-hydrogen) atoms. The van der Waals surface area contributed by atoms with Crippen LogP contribution >= 0.6 is 0 Å². The standard InChI is InChI=1S/C28H17N2O.C21H15N2.Ir/c1-30-24-9-5-4-8-23(24)29-28(30)19-13-14-21-22-15-12-18-11-10-17-6-2-3-7-20(17)26(18)27(22)31-25(21)16-19;1-3-7-17(8-4-1)18-11-13-19(14-12-18)20-15-22-23(16-20)21-9-5-2-6-10-21;/h2-12,14-16H,1H3;1-9,11-16H;/q2*-1;. The molecule has 0 aliphatic carbocycles. The van der Waals surface area contributed by atoms with Gasteiger partial charge in [0.1, 0.15) is 5.58 Å². The van der Waals surface area contributed by atoms with Gasteiger partial charge in [-0.25, -0.2) is 0 Å². The van der Waals surface area contributed by atoms with E-state index in [0.717, 1.165) is 66.6 Å². The third kappa shape index (κ3) is 6.22. The topological polar surface area (TPSA) is 48.8 Å². The smallest absolute Gasteiger partial charge is 0.132 e. The van der Waals surface area contributed by atoms with E-state index in [4.69, 9.17) is 9.40 Å². The molecular formula is C49H32IrN4O-2. The SMILES string of the molecule is Cn1c(-c2[c-]cc3c(c2)oc2c3ccc3ccc4ccccc4c32)nc2ccccc21.[Ir].[c-]1ccccc1-n1cc(-c2ccc(-c3ccccc3)cc2)cn1. The number of benzene rings is 8. The molecule has 265 valence electrons. The van der Waals surface area contributed by atoms with E-state index in [0.29, 0.717) is 0 Å². The van der Waals surface area contributed by atoms with Gasteiger partial charge < -0.3 is 8.98 Å². The van der Waals surface area contributed by atoms with E-state index >= 15 is 0 Å². The number of aromatic nitrogens is 4. The summed E-state index contributed by atoms with van der Waals surface area (Å²) in [6.07, 6.45) is 3.92. The Bertz CT molecular complexity index is 3110. The van der Waals surface area contributed by atoms with Gasteiger partial charge in [0, 0.05) is 44.3 Å². The van der Waals surface area contributed by atoms with Crippen molar-refractivity contribution in [2.75, 3.05) is 0 Å². The van der Waals surface area contributed by atoms with Crippen molar-refractivity contribution in [2.24, 2.45) is 7.05 Å². The fraction of sp³-hybridized carbons (Fsp3) is 0.0204. The van der Waals surface area contributed by atoms with Gasteiger partial charge in [0.05, 0.1) is 28.6 Å². The number of hydrogen-bond donors (Lipinski definition) is 0. The van der Waals surface area contributed by atoms with Crippen LogP contribution in [0.4, 0.5) is 0 Å². The molecule has 0 aliphatic heterocycles. The largest absolute Gasteiger partial charge is 0.476 e. The van der Waals surface area contributed by atoms with Crippen molar-refractivity contribution in [2.45, 2.75) is 0 Å². The Morgan fingerprint density at radius 1 is 0.600 bits per heavy atom. The van der Waals surface area contributed by atoms with Gasteiger partial charge in [-0.3, -0.25) is 9.67 Å². The summed E-state index contributed by atoms with van der Waals surface area (Å²) in [6.45, 7) is 0. The maximum atomic E-state index is 6.49. The van der Waals surface area contributed by atoms with Gasteiger partial charge in [-0.1, -0.05) is 127 Å². The van der Waals surface area contributed by atoms with Crippen LogP contribution in [0.3, 0.4) is 0 Å². The first-order chi connectivity index (χ1) is 26.7. The second-order valence-electron chi connectivity index (χ2n) is 13.4. The predicted octanol–water partition coefficient (Wildman–Crippen LogP) is 12.3. The Morgan fingerprint density at radius 2 is 1.31 bits per heavy atom. The molecule has 0 N–H and O–H groups in total. The van der Waals surface area contributed by atoms with E-state index in [-0.39, 0.29) is 20.1 Å². The fourth-order valence-electron chi connectivity index (χ4n) is 7.39. The first-order valence-electron chi connectivity index (χ1n) is 18.0. The summed E-state index contributed by atoms with van der Waals surface area (Å²) in [5, 5.41) is 11.4. The molecule has 0 aliphatic rings. The van der Waals surface area contributed by atoms with Crippen LogP contribution in [0.2, 0.25) is 0 Å². The summed E-state index contributed by atoms with van der Waals surface area (Å²) in [4.78, 5) is 4.82. The summed E-state index contributed by atoms with van der Waals surface area (Å²) in [5.41, 5.74) is 10.5. The van der Waals surface area contributed by atoms with Crippen molar-refractivity contribution in [1.29, 1.82) is 0 Å². The summed E-state index contributed by atoms with van der Waals surface area (Å²) >= 11 is 0. The number of nitrogens with zero attached hydrogens (tertiary/aromatic N) is 4. The van der Waals surface area contributed by atoms with Gasteiger partial charge >= 0.3 is 0 Å². The van der Waals surface area contributed by atoms with Gasteiger partial charge in [0.25, 0.3) is 0 Å². The first kappa shape index (κ1) is 34.2. The van der Waals surface area contributed by atoms with Gasteiger partial charge in [-0.2, -0.15) is 29.4 Å². The van der Waals surface area contributed by atoms with E-state index in [1.807, 2.05) is 78.7 Å². The van der Waals surface area contributed by atoms with Crippen LogP contribution in [0.5, 0.6) is 0 Å². The molecule has 11 aromatic rings. The first-order valence-corrected chi connectivity index (χ1v) is 18.0. The molecule has 11 rings (SSSR count). The minimum absolute atomic E-state index is 0. The average molecular weight is 885 g/mol. The van der Waals surface area contributed by atoms with Crippen molar-refractivity contribution in [3.8, 4) is 39.3 Å². The van der Waals surface area contributed by atoms with Crippen LogP contribution in [-0.2, 0) is 27.2 Å². The molecule has 6 heteroatoms. The number of aryl methyl sites for hydroxylation is 1. The normalized spacial score (nSPS) is 11.2. The predicted molar refractivity (Wildman–Crippen MR) is 221 cm³/mol. The summed E-state index contributed by atoms with van der Waals surface area (Å²) in [6, 6.07) is 62.9. The molecule has 0 amide bonds. The molecule has 0 unspecified atom stereocenters. The Kier molecular flexibility index (Phi) is 8.91. The Balaban J connectivity index is 0.000000148. The van der Waals surface area contributed by atoms with Crippen LogP contribution in [0.25, 0.3) is 93.8 Å². The Morgan fingerprint density at radius 3 is 2.13 bits per heavy atom. The summed E-state index contributed by atoms with van der Waals surface area (Å²) in [5.74, 6) is 0.888. The van der Waals surface area contributed by atoms with E-state index < -0.39 is 0 Å². The molecule has 0 fully saturated rings. The van der Waals surface area contributed by atoms with Crippen LogP contribution in [0, 0.1) is 12.1 Å². The number of para-hydroxylation sites is 3. The van der Waals surface area contributed by atoms with Crippen LogP contribution in [-0.4, -0.2) is 19.3 Å². The third-order valence-electron chi connectivity index (χ3n) is 10.2. The van der Waals surface area contributed by atoms with Crippen LogP contribution < -0.4 is 0 Å². The van der Waals surface area contributed by atoms with E-state index in [1.165, 1.54) is 27.3 Å². The van der Waals surface area contributed by atoms with Crippen molar-refractivity contribution in [3.63, 3.8) is 0 Å². The van der Waals surface area contributed by atoms with Crippen molar-refractivity contribution in [3.05, 3.63) is 188 Å². The van der Waals surface area contributed by atoms with E-state index in [9.17, 15) is 0 Å². The van der Waals surface area contributed by atoms with E-state index in [2.05, 4.69) is 131 Å². The number of imidazole rings is 1. The zero-order valence-electron chi connectivity index (χ0n) is 29.8. The minimum atomic E-state index is 0. The summed E-state index contributed by atoms with van der Waals surface area (Å²) in [7, 11) is 2.04. The van der Waals surface area contributed by atoms with Crippen LogP contribution in [0.15, 0.2) is 181 Å². The molecule has 0 spiro atoms.